The zero-order chi connectivity index (χ0) is 18.0. The second kappa shape index (κ2) is 6.90. The molecule has 1 heterocycles. The van der Waals surface area contributed by atoms with E-state index in [0.29, 0.717) is 10.3 Å². The molecule has 0 atom stereocenters. The number of benzene rings is 1. The van der Waals surface area contributed by atoms with Crippen molar-refractivity contribution in [3.8, 4) is 0 Å². The molecule has 1 aromatic carbocycles. The number of pyridine rings is 1. The third kappa shape index (κ3) is 3.93. The number of carbonyl (C=O) groups excluding carboxylic acids is 1. The van der Waals surface area contributed by atoms with Crippen LogP contribution in [0, 0.1) is 5.21 Å². The molecule has 0 saturated carbocycles. The van der Waals surface area contributed by atoms with E-state index in [2.05, 4.69) is 21.2 Å². The van der Waals surface area contributed by atoms with Crippen LogP contribution >= 0.6 is 15.9 Å². The zero-order valence-electron chi connectivity index (χ0n) is 13.2. The molecule has 0 radical (unpaired) electrons. The van der Waals surface area contributed by atoms with E-state index < -0.39 is 20.5 Å². The monoisotopic (exact) mass is 412 g/mol. The van der Waals surface area contributed by atoms with Crippen LogP contribution in [0.2, 0.25) is 0 Å². The van der Waals surface area contributed by atoms with Gasteiger partial charge in [0, 0.05) is 23.2 Å². The van der Waals surface area contributed by atoms with Crippen LogP contribution in [0.1, 0.15) is 24.2 Å². The van der Waals surface area contributed by atoms with Crippen molar-refractivity contribution in [2.45, 2.75) is 23.5 Å². The number of hydrogen-bond acceptors (Lipinski definition) is 4. The normalized spacial score (nSPS) is 12.0. The second-order valence-corrected chi connectivity index (χ2v) is 9.35. The number of halogens is 1. The van der Waals surface area contributed by atoms with Crippen molar-refractivity contribution in [2.24, 2.45) is 0 Å². The van der Waals surface area contributed by atoms with Gasteiger partial charge in [-0.3, -0.25) is 4.79 Å². The van der Waals surface area contributed by atoms with Gasteiger partial charge in [0.1, 0.15) is 0 Å². The van der Waals surface area contributed by atoms with E-state index in [4.69, 9.17) is 0 Å². The minimum absolute atomic E-state index is 0.0590. The van der Waals surface area contributed by atoms with E-state index >= 15 is 0 Å². The number of sulfone groups is 1. The number of carbonyl (C=O) groups is 1. The average molecular weight is 413 g/mol. The van der Waals surface area contributed by atoms with E-state index in [1.54, 1.807) is 26.0 Å². The highest BCUT2D eigenvalue weighted by atomic mass is 79.9. The summed E-state index contributed by atoms with van der Waals surface area (Å²) >= 11 is 3.27. The lowest BCUT2D eigenvalue weighted by Crippen LogP contribution is -2.44. The summed E-state index contributed by atoms with van der Waals surface area (Å²) in [6.07, 6.45) is 2.41. The van der Waals surface area contributed by atoms with E-state index in [-0.39, 0.29) is 11.4 Å². The number of hydrogen-bond donors (Lipinski definition) is 1. The molecule has 1 amide bonds. The van der Waals surface area contributed by atoms with Gasteiger partial charge in [0.15, 0.2) is 22.2 Å². The maximum absolute atomic E-state index is 12.7. The fourth-order valence-electron chi connectivity index (χ4n) is 1.99. The largest absolute Gasteiger partial charge is 0.619 e. The Kier molecular flexibility index (Phi) is 5.29. The summed E-state index contributed by atoms with van der Waals surface area (Å²) in [5, 5.41) is 13.6. The minimum atomic E-state index is -3.63. The van der Waals surface area contributed by atoms with Crippen molar-refractivity contribution < 1.29 is 17.9 Å². The lowest BCUT2D eigenvalue weighted by atomic mass is 10.2. The van der Waals surface area contributed by atoms with Crippen LogP contribution in [0.4, 0.5) is 0 Å². The van der Waals surface area contributed by atoms with Crippen LogP contribution in [-0.2, 0) is 9.84 Å². The molecular weight excluding hydrogens is 396 g/mol. The molecule has 2 aromatic rings. The van der Waals surface area contributed by atoms with Gasteiger partial charge >= 0.3 is 0 Å². The van der Waals surface area contributed by atoms with Crippen molar-refractivity contribution in [2.75, 3.05) is 6.54 Å². The van der Waals surface area contributed by atoms with Crippen molar-refractivity contribution in [1.29, 1.82) is 0 Å². The minimum Gasteiger partial charge on any atom is -0.619 e. The number of rotatable bonds is 5. The molecule has 0 fully saturated rings. The van der Waals surface area contributed by atoms with Crippen molar-refractivity contribution in [1.82, 2.24) is 5.32 Å². The molecule has 1 N–H and O–H groups in total. The average Bonchev–Trinajstić information content (AvgIpc) is 2.53. The molecule has 0 aliphatic rings. The predicted octanol–water partition coefficient (Wildman–Crippen LogP) is 2.06. The Hall–Kier alpha value is -1.93. The summed E-state index contributed by atoms with van der Waals surface area (Å²) in [5.41, 5.74) is 0.291. The molecule has 1 aromatic heterocycles. The van der Waals surface area contributed by atoms with Gasteiger partial charge in [0.2, 0.25) is 0 Å². The van der Waals surface area contributed by atoms with Crippen LogP contribution in [-0.4, -0.2) is 25.6 Å². The lowest BCUT2D eigenvalue weighted by Gasteiger charge is -2.25. The van der Waals surface area contributed by atoms with Crippen LogP contribution in [0.3, 0.4) is 0 Å². The molecule has 0 spiro atoms. The molecule has 0 bridgehead atoms. The van der Waals surface area contributed by atoms with Crippen molar-refractivity contribution in [3.05, 3.63) is 64.0 Å². The first-order chi connectivity index (χ1) is 11.1. The number of amides is 1. The molecule has 0 unspecified atom stereocenters. The van der Waals surface area contributed by atoms with Crippen LogP contribution in [0.15, 0.2) is 58.2 Å². The van der Waals surface area contributed by atoms with Gasteiger partial charge < -0.3 is 10.5 Å². The van der Waals surface area contributed by atoms with Gasteiger partial charge in [-0.25, -0.2) is 8.42 Å². The third-order valence-electron chi connectivity index (χ3n) is 3.59. The van der Waals surface area contributed by atoms with Crippen LogP contribution < -0.4 is 10.0 Å². The van der Waals surface area contributed by atoms with E-state index in [9.17, 15) is 18.4 Å². The Morgan fingerprint density at radius 3 is 2.25 bits per heavy atom. The maximum Gasteiger partial charge on any atom is 0.251 e. The summed E-state index contributed by atoms with van der Waals surface area (Å²) in [5.74, 6) is -0.435. The summed E-state index contributed by atoms with van der Waals surface area (Å²) in [4.78, 5) is 12.3. The molecule has 128 valence electrons. The van der Waals surface area contributed by atoms with Crippen LogP contribution in [0.25, 0.3) is 0 Å². The fourth-order valence-corrected chi connectivity index (χ4v) is 3.65. The first-order valence-electron chi connectivity index (χ1n) is 7.11. The van der Waals surface area contributed by atoms with Crippen LogP contribution in [0.5, 0.6) is 0 Å². The molecule has 0 aliphatic carbocycles. The number of nitrogens with zero attached hydrogens (tertiary/aromatic N) is 1. The summed E-state index contributed by atoms with van der Waals surface area (Å²) in [7, 11) is -3.63. The highest BCUT2D eigenvalue weighted by Gasteiger charge is 2.36. The molecular formula is C16H17BrN2O4S. The number of nitrogens with one attached hydrogen (secondary N) is 1. The first kappa shape index (κ1) is 18.4. The van der Waals surface area contributed by atoms with Crippen molar-refractivity contribution in [3.63, 3.8) is 0 Å². The quantitative estimate of drug-likeness (QED) is 0.600. The third-order valence-corrected chi connectivity index (χ3v) is 6.61. The molecule has 2 rings (SSSR count). The van der Waals surface area contributed by atoms with Gasteiger partial charge in [0.05, 0.1) is 15.2 Å². The van der Waals surface area contributed by atoms with E-state index in [0.717, 1.165) is 4.47 Å². The van der Waals surface area contributed by atoms with Gasteiger partial charge in [-0.05, 0) is 38.1 Å². The highest BCUT2D eigenvalue weighted by Crippen LogP contribution is 2.26. The Morgan fingerprint density at radius 1 is 1.17 bits per heavy atom. The SMILES string of the molecule is CC(C)(CNC(=O)c1cc[n+]([O-])cc1)S(=O)(=O)c1ccc(Br)cc1. The lowest BCUT2D eigenvalue weighted by molar-refractivity contribution is -0.605. The summed E-state index contributed by atoms with van der Waals surface area (Å²) in [6, 6.07) is 9.10. The van der Waals surface area contributed by atoms with Gasteiger partial charge in [-0.1, -0.05) is 15.9 Å². The predicted molar refractivity (Wildman–Crippen MR) is 93.1 cm³/mol. The molecule has 8 heteroatoms. The van der Waals surface area contributed by atoms with Gasteiger partial charge in [-0.2, -0.15) is 4.73 Å². The Balaban J connectivity index is 2.13. The van der Waals surface area contributed by atoms with E-state index in [1.807, 2.05) is 0 Å². The zero-order valence-corrected chi connectivity index (χ0v) is 15.6. The molecule has 0 saturated heterocycles. The van der Waals surface area contributed by atoms with Gasteiger partial charge in [0.25, 0.3) is 5.91 Å². The highest BCUT2D eigenvalue weighted by molar-refractivity contribution is 9.10. The van der Waals surface area contributed by atoms with E-state index in [1.165, 1.54) is 36.7 Å². The number of aromatic nitrogens is 1. The van der Waals surface area contributed by atoms with Crippen molar-refractivity contribution >= 4 is 31.7 Å². The standard InChI is InChI=1S/C16H17BrN2O4S/c1-16(2,24(22,23)14-5-3-13(17)4-6-14)11-18-15(20)12-7-9-19(21)10-8-12/h3-10H,11H2,1-2H3,(H,18,20). The second-order valence-electron chi connectivity index (χ2n) is 5.85. The van der Waals surface area contributed by atoms with Gasteiger partial charge in [-0.15, -0.1) is 0 Å². The molecule has 6 nitrogen and oxygen atoms in total. The fraction of sp³-hybridized carbons (Fsp3) is 0.250. The Labute approximate surface area is 149 Å². The summed E-state index contributed by atoms with van der Waals surface area (Å²) in [6.45, 7) is 3.05. The maximum atomic E-state index is 12.7. The summed E-state index contributed by atoms with van der Waals surface area (Å²) < 4.78 is 25.7. The Morgan fingerprint density at radius 2 is 1.71 bits per heavy atom. The smallest absolute Gasteiger partial charge is 0.251 e. The topological polar surface area (TPSA) is 90.2 Å². The Bertz CT molecular complexity index is 831. The molecule has 0 aliphatic heterocycles. The first-order valence-corrected chi connectivity index (χ1v) is 9.38. The molecule has 24 heavy (non-hydrogen) atoms.